The van der Waals surface area contributed by atoms with Gasteiger partial charge in [-0.15, -0.1) is 0 Å². The summed E-state index contributed by atoms with van der Waals surface area (Å²) in [6.45, 7) is 8.57. The lowest BCUT2D eigenvalue weighted by molar-refractivity contribution is -0.171. The average Bonchev–Trinajstić information content (AvgIpc) is 2.71. The molecule has 0 spiro atoms. The van der Waals surface area contributed by atoms with Gasteiger partial charge in [-0.05, 0) is 51.3 Å². The molecule has 0 aromatic heterocycles. The van der Waals surface area contributed by atoms with Crippen LogP contribution in [0.25, 0.3) is 0 Å². The number of halogens is 2. The lowest BCUT2D eigenvalue weighted by Gasteiger charge is -2.32. The number of esters is 1. The number of hydrogen-bond acceptors (Lipinski definition) is 7. The van der Waals surface area contributed by atoms with Gasteiger partial charge in [-0.1, -0.05) is 37.0 Å². The number of rotatable bonds is 8. The minimum atomic E-state index is -1.19. The molecule has 34 heavy (non-hydrogen) atoms. The Labute approximate surface area is 209 Å². The van der Waals surface area contributed by atoms with Crippen LogP contribution < -0.4 is 10.6 Å². The summed E-state index contributed by atoms with van der Waals surface area (Å²) in [7, 11) is -1.19. The third-order valence-corrected chi connectivity index (χ3v) is 5.12. The highest BCUT2D eigenvalue weighted by Crippen LogP contribution is 2.22. The van der Waals surface area contributed by atoms with Crippen LogP contribution in [0.2, 0.25) is 10.0 Å². The van der Waals surface area contributed by atoms with Gasteiger partial charge >= 0.3 is 13.1 Å². The SMILES string of the molecule is CC(C)C[C@H](NC(=O)CNC(=O)c1cc(Cl)ccc1Cl)B1OC(=O)CC(C(=O)OC(C)(C)C)O1. The number of hydrogen-bond donors (Lipinski definition) is 2. The Morgan fingerprint density at radius 3 is 2.53 bits per heavy atom. The van der Waals surface area contributed by atoms with Gasteiger partial charge in [0, 0.05) is 5.02 Å². The molecule has 12 heteroatoms. The molecule has 1 unspecified atom stereocenters. The molecule has 0 saturated carbocycles. The normalized spacial score (nSPS) is 17.1. The summed E-state index contributed by atoms with van der Waals surface area (Å²) in [6, 6.07) is 4.41. The van der Waals surface area contributed by atoms with E-state index in [0.29, 0.717) is 11.4 Å². The number of amides is 2. The van der Waals surface area contributed by atoms with E-state index >= 15 is 0 Å². The van der Waals surface area contributed by atoms with Gasteiger partial charge in [-0.25, -0.2) is 4.79 Å². The molecule has 1 saturated heterocycles. The number of carbonyl (C=O) groups excluding carboxylic acids is 4. The smallest absolute Gasteiger partial charge is 0.508 e. The summed E-state index contributed by atoms with van der Waals surface area (Å²) in [5.74, 6) is -3.11. The Bertz CT molecular complexity index is 936. The highest BCUT2D eigenvalue weighted by Gasteiger charge is 2.45. The molecule has 2 rings (SSSR count). The predicted molar refractivity (Wildman–Crippen MR) is 127 cm³/mol. The summed E-state index contributed by atoms with van der Waals surface area (Å²) in [4.78, 5) is 49.5. The number of carbonyl (C=O) groups is 4. The van der Waals surface area contributed by atoms with Crippen molar-refractivity contribution in [3.8, 4) is 0 Å². The molecule has 1 aromatic carbocycles. The van der Waals surface area contributed by atoms with Gasteiger partial charge in [0.2, 0.25) is 5.91 Å². The van der Waals surface area contributed by atoms with Crippen molar-refractivity contribution in [1.82, 2.24) is 10.6 Å². The van der Waals surface area contributed by atoms with Gasteiger partial charge in [0.1, 0.15) is 5.60 Å². The highest BCUT2D eigenvalue weighted by molar-refractivity contribution is 6.50. The molecular weight excluding hydrogens is 486 g/mol. The molecule has 0 aliphatic carbocycles. The van der Waals surface area contributed by atoms with E-state index in [-0.39, 0.29) is 29.5 Å². The van der Waals surface area contributed by atoms with Crippen LogP contribution in [0.5, 0.6) is 0 Å². The van der Waals surface area contributed by atoms with Crippen LogP contribution in [0.15, 0.2) is 18.2 Å². The zero-order chi connectivity index (χ0) is 25.6. The topological polar surface area (TPSA) is 120 Å². The van der Waals surface area contributed by atoms with E-state index in [1.165, 1.54) is 12.1 Å². The summed E-state index contributed by atoms with van der Waals surface area (Å²) in [6.07, 6.45) is -1.05. The van der Waals surface area contributed by atoms with E-state index in [2.05, 4.69) is 10.6 Å². The fourth-order valence-electron chi connectivity index (χ4n) is 3.18. The maximum Gasteiger partial charge on any atom is 0.551 e. The van der Waals surface area contributed by atoms with Crippen LogP contribution in [0.4, 0.5) is 0 Å². The maximum atomic E-state index is 12.6. The molecule has 0 bridgehead atoms. The summed E-state index contributed by atoms with van der Waals surface area (Å²) in [5.41, 5.74) is -0.627. The van der Waals surface area contributed by atoms with E-state index < -0.39 is 48.5 Å². The number of ether oxygens (including phenoxy) is 1. The zero-order valence-electron chi connectivity index (χ0n) is 19.8. The fourth-order valence-corrected chi connectivity index (χ4v) is 3.56. The Morgan fingerprint density at radius 2 is 1.91 bits per heavy atom. The van der Waals surface area contributed by atoms with E-state index in [4.69, 9.17) is 37.2 Å². The Hall–Kier alpha value is -2.30. The molecule has 1 heterocycles. The first-order valence-corrected chi connectivity index (χ1v) is 11.6. The van der Waals surface area contributed by atoms with Gasteiger partial charge in [0.15, 0.2) is 6.10 Å². The summed E-state index contributed by atoms with van der Waals surface area (Å²) in [5, 5.41) is 5.70. The molecule has 2 atom stereocenters. The van der Waals surface area contributed by atoms with Gasteiger partial charge in [-0.3, -0.25) is 14.4 Å². The molecule has 9 nitrogen and oxygen atoms in total. The van der Waals surface area contributed by atoms with Crippen LogP contribution in [-0.2, 0) is 28.4 Å². The van der Waals surface area contributed by atoms with Crippen molar-refractivity contribution in [3.63, 3.8) is 0 Å². The van der Waals surface area contributed by atoms with Crippen molar-refractivity contribution in [2.24, 2.45) is 5.92 Å². The second kappa shape index (κ2) is 11.9. The molecular formula is C22H29BCl2N2O7. The molecule has 2 N–H and O–H groups in total. The summed E-state index contributed by atoms with van der Waals surface area (Å²) < 4.78 is 16.3. The van der Waals surface area contributed by atoms with Crippen molar-refractivity contribution in [3.05, 3.63) is 33.8 Å². The van der Waals surface area contributed by atoms with Crippen molar-refractivity contribution >= 4 is 54.1 Å². The van der Waals surface area contributed by atoms with Crippen LogP contribution >= 0.6 is 23.2 Å². The number of benzene rings is 1. The Kier molecular flexibility index (Phi) is 9.79. The third kappa shape index (κ3) is 8.81. The molecule has 0 radical (unpaired) electrons. The molecule has 1 fully saturated rings. The lowest BCUT2D eigenvalue weighted by atomic mass is 9.72. The largest absolute Gasteiger partial charge is 0.551 e. The first kappa shape index (κ1) is 27.9. The van der Waals surface area contributed by atoms with Gasteiger partial charge in [-0.2, -0.15) is 0 Å². The molecule has 1 aliphatic rings. The Morgan fingerprint density at radius 1 is 1.24 bits per heavy atom. The van der Waals surface area contributed by atoms with Crippen LogP contribution in [-0.4, -0.2) is 55.1 Å². The fraction of sp³-hybridized carbons (Fsp3) is 0.545. The van der Waals surface area contributed by atoms with E-state index in [0.717, 1.165) is 0 Å². The van der Waals surface area contributed by atoms with Crippen LogP contribution in [0, 0.1) is 5.92 Å². The first-order valence-electron chi connectivity index (χ1n) is 10.9. The van der Waals surface area contributed by atoms with E-state index in [1.807, 2.05) is 13.8 Å². The quantitative estimate of drug-likeness (QED) is 0.404. The lowest BCUT2D eigenvalue weighted by Crippen LogP contribution is -2.57. The molecule has 1 aliphatic heterocycles. The van der Waals surface area contributed by atoms with Crippen molar-refractivity contribution in [2.45, 2.75) is 65.1 Å². The Balaban J connectivity index is 2.04. The van der Waals surface area contributed by atoms with Gasteiger partial charge < -0.3 is 24.7 Å². The minimum absolute atomic E-state index is 0.0920. The van der Waals surface area contributed by atoms with Crippen molar-refractivity contribution < 1.29 is 33.2 Å². The van der Waals surface area contributed by atoms with Crippen LogP contribution in [0.1, 0.15) is 57.8 Å². The summed E-state index contributed by atoms with van der Waals surface area (Å²) >= 11 is 11.9. The molecule has 186 valence electrons. The van der Waals surface area contributed by atoms with Gasteiger partial charge in [0.05, 0.1) is 29.5 Å². The number of nitrogens with one attached hydrogen (secondary N) is 2. The minimum Gasteiger partial charge on any atom is -0.508 e. The monoisotopic (exact) mass is 514 g/mol. The highest BCUT2D eigenvalue weighted by atomic mass is 35.5. The van der Waals surface area contributed by atoms with Crippen molar-refractivity contribution in [2.75, 3.05) is 6.54 Å². The third-order valence-electron chi connectivity index (χ3n) is 4.55. The maximum absolute atomic E-state index is 12.6. The standard InChI is InChI=1S/C22H29BCl2N2O7/c1-12(2)8-17(23-33-16(10-19(29)34-23)21(31)32-22(3,4)5)27-18(28)11-26-20(30)14-9-13(24)6-7-15(14)25/h6-7,9,12,16-17H,8,10-11H2,1-5H3,(H,26,30)(H,27,28)/t16?,17-/m0/s1. The van der Waals surface area contributed by atoms with Crippen molar-refractivity contribution in [1.29, 1.82) is 0 Å². The predicted octanol–water partition coefficient (Wildman–Crippen LogP) is 2.96. The average molecular weight is 515 g/mol. The van der Waals surface area contributed by atoms with Crippen LogP contribution in [0.3, 0.4) is 0 Å². The second-order valence-corrected chi connectivity index (χ2v) is 10.2. The van der Waals surface area contributed by atoms with E-state index in [1.54, 1.807) is 26.8 Å². The molecule has 2 amide bonds. The zero-order valence-corrected chi connectivity index (χ0v) is 21.3. The van der Waals surface area contributed by atoms with Gasteiger partial charge in [0.25, 0.3) is 11.9 Å². The van der Waals surface area contributed by atoms with E-state index in [9.17, 15) is 19.2 Å². The first-order chi connectivity index (χ1) is 15.7. The molecule has 1 aromatic rings. The second-order valence-electron chi connectivity index (χ2n) is 9.33.